The van der Waals surface area contributed by atoms with Crippen LogP contribution in [0.2, 0.25) is 0 Å². The zero-order chi connectivity index (χ0) is 39.8. The number of carbonyl (C=O) groups is 4. The summed E-state index contributed by atoms with van der Waals surface area (Å²) in [6.45, 7) is 7.52. The predicted octanol–water partition coefficient (Wildman–Crippen LogP) is 1.79. The first-order valence-corrected chi connectivity index (χ1v) is 18.5. The fourth-order valence-electron chi connectivity index (χ4n) is 8.68. The first-order valence-electron chi connectivity index (χ1n) is 18.5. The van der Waals surface area contributed by atoms with Crippen molar-refractivity contribution < 1.29 is 73.1 Å². The number of ether oxygens (including phenoxy) is 6. The smallest absolute Gasteiger partial charge is 0.254 e. The second-order valence-electron chi connectivity index (χ2n) is 15.4. The fourth-order valence-corrected chi connectivity index (χ4v) is 8.68. The molecule has 0 bridgehead atoms. The number of benzene rings is 2. The molecule has 298 valence electrons. The monoisotopic (exact) mass is 769 g/mol. The summed E-state index contributed by atoms with van der Waals surface area (Å²) >= 11 is 0. The van der Waals surface area contributed by atoms with E-state index >= 15 is 0 Å². The van der Waals surface area contributed by atoms with Crippen LogP contribution in [0.3, 0.4) is 0 Å². The number of methoxy groups -OCH3 is 1. The normalized spacial score (nSPS) is 34.0. The third kappa shape index (κ3) is 6.42. The zero-order valence-electron chi connectivity index (χ0n) is 31.4. The Morgan fingerprint density at radius 3 is 2.36 bits per heavy atom. The molecule has 3 fully saturated rings. The number of ketones is 3. The van der Waals surface area contributed by atoms with Gasteiger partial charge in [0.05, 0.1) is 48.2 Å². The summed E-state index contributed by atoms with van der Waals surface area (Å²) in [5.74, 6) is -4.45. The molecule has 12 unspecified atom stereocenters. The van der Waals surface area contributed by atoms with Gasteiger partial charge >= 0.3 is 0 Å². The first kappa shape index (κ1) is 39.2. The third-order valence-electron chi connectivity index (χ3n) is 11.5. The lowest BCUT2D eigenvalue weighted by molar-refractivity contribution is -0.319. The summed E-state index contributed by atoms with van der Waals surface area (Å²) in [5.41, 5.74) is -3.48. The number of phenols is 2. The molecule has 3 heterocycles. The molecule has 0 spiro atoms. The molecule has 0 radical (unpaired) electrons. The number of amides is 1. The van der Waals surface area contributed by atoms with Crippen LogP contribution < -0.4 is 4.74 Å². The van der Waals surface area contributed by atoms with Crippen molar-refractivity contribution in [2.45, 2.75) is 127 Å². The lowest BCUT2D eigenvalue weighted by Crippen LogP contribution is -2.63. The van der Waals surface area contributed by atoms with Gasteiger partial charge in [-0.25, -0.2) is 0 Å². The number of carbonyl (C=O) groups excluding carboxylic acids is 4. The van der Waals surface area contributed by atoms with Gasteiger partial charge in [0.25, 0.3) is 5.91 Å². The maximum Gasteiger partial charge on any atom is 0.254 e. The lowest BCUT2D eigenvalue weighted by atomic mass is 9.72. The third-order valence-corrected chi connectivity index (χ3v) is 11.5. The molecule has 2 aromatic carbocycles. The number of Topliss-reactive ketones (excluding diaryl/α,β-unsaturated/α-hetero) is 1. The molecule has 16 heteroatoms. The molecule has 2 aliphatic carbocycles. The van der Waals surface area contributed by atoms with Gasteiger partial charge in [-0.05, 0) is 33.8 Å². The molecule has 1 amide bonds. The number of hydrogen-bond acceptors (Lipinski definition) is 15. The molecule has 0 aromatic heterocycles. The number of rotatable bonds is 8. The minimum absolute atomic E-state index is 0.0534. The molecular weight excluding hydrogens is 722 g/mol. The van der Waals surface area contributed by atoms with E-state index in [1.54, 1.807) is 27.7 Å². The Hall–Kier alpha value is -4.00. The maximum absolute atomic E-state index is 14.1. The van der Waals surface area contributed by atoms with E-state index in [1.165, 1.54) is 37.1 Å². The summed E-state index contributed by atoms with van der Waals surface area (Å²) in [6, 6.07) is 3.62. The highest BCUT2D eigenvalue weighted by Crippen LogP contribution is 2.53. The Morgan fingerprint density at radius 1 is 1.00 bits per heavy atom. The van der Waals surface area contributed by atoms with Crippen LogP contribution in [0.4, 0.5) is 0 Å². The van der Waals surface area contributed by atoms with Gasteiger partial charge in [-0.3, -0.25) is 19.2 Å². The van der Waals surface area contributed by atoms with Crippen molar-refractivity contribution in [2.75, 3.05) is 13.7 Å². The molecule has 5 aliphatic rings. The minimum atomic E-state index is -2.12. The van der Waals surface area contributed by atoms with Crippen molar-refractivity contribution in [3.8, 4) is 17.2 Å². The fraction of sp³-hybridized carbons (Fsp3) is 0.590. The van der Waals surface area contributed by atoms with E-state index in [4.69, 9.17) is 28.4 Å². The van der Waals surface area contributed by atoms with Gasteiger partial charge in [0, 0.05) is 54.9 Å². The van der Waals surface area contributed by atoms with Crippen molar-refractivity contribution in [3.63, 3.8) is 0 Å². The quantitative estimate of drug-likeness (QED) is 0.206. The van der Waals surface area contributed by atoms with Gasteiger partial charge in [-0.15, -0.1) is 0 Å². The Bertz CT molecular complexity index is 1910. The number of fused-ring (bicyclic) bond motifs is 6. The van der Waals surface area contributed by atoms with E-state index in [0.29, 0.717) is 0 Å². The average molecular weight is 770 g/mol. The van der Waals surface area contributed by atoms with Gasteiger partial charge in [0.1, 0.15) is 41.2 Å². The number of aromatic hydroxyl groups is 2. The van der Waals surface area contributed by atoms with Crippen molar-refractivity contribution in [2.24, 2.45) is 5.92 Å². The van der Waals surface area contributed by atoms with Crippen LogP contribution >= 0.6 is 0 Å². The van der Waals surface area contributed by atoms with Crippen LogP contribution in [0.25, 0.3) is 0 Å². The van der Waals surface area contributed by atoms with E-state index in [0.717, 1.165) is 0 Å². The van der Waals surface area contributed by atoms with Crippen LogP contribution in [0.1, 0.15) is 103 Å². The van der Waals surface area contributed by atoms with E-state index in [-0.39, 0.29) is 47.5 Å². The summed E-state index contributed by atoms with van der Waals surface area (Å²) in [4.78, 5) is 56.5. The lowest BCUT2D eigenvalue weighted by Gasteiger charge is -2.49. The SMILES string of the molecule is COc1cccc2c1C(=O)c1c(O)c3c(c(O)c1C2=O)CC(O)(C(C)=O)CC3OC1CC2C(OC(CC(C)O)OC(C)C3OC(C(C)CO)C(=O)N23)C(C)O1. The largest absolute Gasteiger partial charge is 0.507 e. The molecule has 0 saturated carbocycles. The van der Waals surface area contributed by atoms with Crippen molar-refractivity contribution in [1.82, 2.24) is 4.90 Å². The molecule has 12 atom stereocenters. The Balaban J connectivity index is 1.29. The Kier molecular flexibility index (Phi) is 10.3. The molecule has 3 saturated heterocycles. The van der Waals surface area contributed by atoms with Crippen LogP contribution in [-0.4, -0.2) is 128 Å². The second kappa shape index (κ2) is 14.5. The number of nitrogens with zero attached hydrogens (tertiary/aromatic N) is 1. The Morgan fingerprint density at radius 2 is 1.71 bits per heavy atom. The summed E-state index contributed by atoms with van der Waals surface area (Å²) in [7, 11) is 1.33. The minimum Gasteiger partial charge on any atom is -0.507 e. The molecular formula is C39H47NO15. The summed E-state index contributed by atoms with van der Waals surface area (Å²) in [5, 5.41) is 55.5. The van der Waals surface area contributed by atoms with Crippen molar-refractivity contribution in [1.29, 1.82) is 0 Å². The van der Waals surface area contributed by atoms with Crippen LogP contribution in [0.15, 0.2) is 18.2 Å². The second-order valence-corrected chi connectivity index (χ2v) is 15.4. The predicted molar refractivity (Wildman–Crippen MR) is 187 cm³/mol. The molecule has 2 aromatic rings. The van der Waals surface area contributed by atoms with Crippen molar-refractivity contribution >= 4 is 23.3 Å². The molecule has 16 nitrogen and oxygen atoms in total. The maximum atomic E-state index is 14.1. The van der Waals surface area contributed by atoms with Gasteiger partial charge in [-0.2, -0.15) is 0 Å². The zero-order valence-corrected chi connectivity index (χ0v) is 31.4. The molecule has 7 rings (SSSR count). The number of hydrogen-bond donors (Lipinski definition) is 5. The van der Waals surface area contributed by atoms with E-state index in [2.05, 4.69) is 0 Å². The topological polar surface area (TPSA) is 228 Å². The highest BCUT2D eigenvalue weighted by atomic mass is 16.7. The highest BCUT2D eigenvalue weighted by Gasteiger charge is 2.56. The summed E-state index contributed by atoms with van der Waals surface area (Å²) in [6.07, 6.45) is -9.44. The number of aliphatic hydroxyl groups is 3. The molecule has 5 N–H and O–H groups in total. The van der Waals surface area contributed by atoms with Crippen molar-refractivity contribution in [3.05, 3.63) is 51.6 Å². The average Bonchev–Trinajstić information content (AvgIpc) is 3.47. The van der Waals surface area contributed by atoms with Gasteiger partial charge in [0.2, 0.25) is 5.78 Å². The molecule has 55 heavy (non-hydrogen) atoms. The Labute approximate surface area is 316 Å². The van der Waals surface area contributed by atoms with Crippen LogP contribution in [-0.2, 0) is 39.7 Å². The standard InChI is InChI=1S/C39H47NO15/c1-15(14-41)35-37(48)40-22-11-26(51-17(3)36(22)54-25(10-16(2)42)52-18(4)38(40)55-35)53-24-13-39(49,19(5)43)12-21-28(24)34(47)30-29(32(21)45)31(44)20-8-7-9-23(50-6)27(20)33(30)46/h7-9,15-18,22,24-26,35-36,38,41-42,45,47,49H,10-14H2,1-6H3. The van der Waals surface area contributed by atoms with E-state index in [1.807, 2.05) is 0 Å². The first-order chi connectivity index (χ1) is 26.0. The summed E-state index contributed by atoms with van der Waals surface area (Å²) < 4.78 is 37.0. The highest BCUT2D eigenvalue weighted by molar-refractivity contribution is 6.31. The van der Waals surface area contributed by atoms with Gasteiger partial charge < -0.3 is 58.9 Å². The van der Waals surface area contributed by atoms with Gasteiger partial charge in [-0.1, -0.05) is 19.1 Å². The number of phenolic OH excluding ortho intramolecular Hbond substituents is 2. The van der Waals surface area contributed by atoms with Crippen LogP contribution in [0, 0.1) is 5.92 Å². The van der Waals surface area contributed by atoms with E-state index in [9.17, 15) is 44.7 Å². The van der Waals surface area contributed by atoms with Crippen LogP contribution in [0.5, 0.6) is 17.2 Å². The van der Waals surface area contributed by atoms with Gasteiger partial charge in [0.15, 0.2) is 30.4 Å². The van der Waals surface area contributed by atoms with E-state index < -0.39 is 132 Å². The molecule has 3 aliphatic heterocycles. The number of aliphatic hydroxyl groups excluding tert-OH is 2.